The number of hydrogen-bond acceptors (Lipinski definition) is 2. The van der Waals surface area contributed by atoms with Crippen molar-refractivity contribution in [1.82, 2.24) is 0 Å². The molecule has 0 fully saturated rings. The smallest absolute Gasteiger partial charge is 0.547 e. The second-order valence-electron chi connectivity index (χ2n) is 4.95. The molecule has 0 saturated carbocycles. The molecule has 3 heteroatoms. The Morgan fingerprint density at radius 2 is 1.09 bits per heavy atom. The fourth-order valence-electron chi connectivity index (χ4n) is 2.08. The van der Waals surface area contributed by atoms with Gasteiger partial charge >= 0.3 is 18.9 Å². The minimum absolute atomic E-state index is 0. The van der Waals surface area contributed by atoms with Crippen molar-refractivity contribution in [2.24, 2.45) is 0 Å². The largest absolute Gasteiger partial charge is 1.00 e. The maximum Gasteiger partial charge on any atom is 1.00 e. The first kappa shape index (κ1) is 17.2. The predicted octanol–water partition coefficient (Wildman–Crippen LogP) is 1.65. The minimum atomic E-state index is 0. The van der Waals surface area contributed by atoms with Crippen LogP contribution in [0, 0.1) is 6.07 Å². The Balaban J connectivity index is 0.00000192. The van der Waals surface area contributed by atoms with Crippen LogP contribution in [0.4, 0.5) is 0 Å². The van der Waals surface area contributed by atoms with E-state index in [0.717, 1.165) is 22.6 Å². The van der Waals surface area contributed by atoms with Crippen LogP contribution in [-0.4, -0.2) is 0 Å². The molecule has 0 bridgehead atoms. The van der Waals surface area contributed by atoms with Crippen molar-refractivity contribution in [2.45, 2.75) is 13.2 Å². The van der Waals surface area contributed by atoms with Crippen LogP contribution in [0.1, 0.15) is 11.1 Å². The molecule has 0 atom stereocenters. The molecule has 0 N–H and O–H groups in total. The van der Waals surface area contributed by atoms with Crippen molar-refractivity contribution >= 4 is 0 Å². The molecule has 3 aromatic rings. The van der Waals surface area contributed by atoms with E-state index in [0.29, 0.717) is 13.2 Å². The summed E-state index contributed by atoms with van der Waals surface area (Å²) in [5.74, 6) is 1.52. The molecule has 23 heavy (non-hydrogen) atoms. The monoisotopic (exact) mass is 296 g/mol. The van der Waals surface area contributed by atoms with Gasteiger partial charge in [0.2, 0.25) is 0 Å². The minimum Gasteiger partial charge on any atom is -0.547 e. The molecule has 0 saturated heterocycles. The van der Waals surface area contributed by atoms with Gasteiger partial charge in [0.25, 0.3) is 0 Å². The Labute approximate surface area is 149 Å². The molecule has 110 valence electrons. The van der Waals surface area contributed by atoms with E-state index in [2.05, 4.69) is 6.07 Å². The summed E-state index contributed by atoms with van der Waals surface area (Å²) in [4.78, 5) is 0. The topological polar surface area (TPSA) is 18.5 Å². The summed E-state index contributed by atoms with van der Waals surface area (Å²) in [5.41, 5.74) is 2.27. The van der Waals surface area contributed by atoms with Crippen molar-refractivity contribution in [3.05, 3.63) is 96.1 Å². The van der Waals surface area contributed by atoms with Gasteiger partial charge in [-0.3, -0.25) is 0 Å². The van der Waals surface area contributed by atoms with E-state index in [1.54, 1.807) is 0 Å². The number of hydrogen-bond donors (Lipinski definition) is 0. The Bertz CT molecular complexity index is 640. The second-order valence-corrected chi connectivity index (χ2v) is 4.95. The summed E-state index contributed by atoms with van der Waals surface area (Å²) in [5, 5.41) is 0. The molecule has 0 aliphatic heterocycles. The summed E-state index contributed by atoms with van der Waals surface area (Å²) >= 11 is 0. The van der Waals surface area contributed by atoms with Gasteiger partial charge in [-0.15, -0.1) is 12.1 Å². The summed E-state index contributed by atoms with van der Waals surface area (Å²) < 4.78 is 11.5. The van der Waals surface area contributed by atoms with Gasteiger partial charge in [-0.2, -0.15) is 6.07 Å². The standard InChI is InChI=1S/C20H17O2.Li/c1-3-8-17(9-4-1)15-21-19-12-7-13-20(14-19)22-16-18-10-5-2-6-11-18;/h1-6,8-14H,15-16H2;/q-1;+1. The average molecular weight is 296 g/mol. The molecule has 0 heterocycles. The van der Waals surface area contributed by atoms with Crippen LogP contribution in [0.15, 0.2) is 78.9 Å². The molecule has 3 aromatic carbocycles. The van der Waals surface area contributed by atoms with Crippen molar-refractivity contribution < 1.29 is 28.3 Å². The maximum atomic E-state index is 5.77. The van der Waals surface area contributed by atoms with Gasteiger partial charge in [0.1, 0.15) is 0 Å². The van der Waals surface area contributed by atoms with Gasteiger partial charge < -0.3 is 9.47 Å². The summed E-state index contributed by atoms with van der Waals surface area (Å²) in [7, 11) is 0. The van der Waals surface area contributed by atoms with E-state index in [1.165, 1.54) is 0 Å². The van der Waals surface area contributed by atoms with E-state index < -0.39 is 0 Å². The summed E-state index contributed by atoms with van der Waals surface area (Å²) in [6.45, 7) is 1.08. The average Bonchev–Trinajstić information content (AvgIpc) is 2.60. The van der Waals surface area contributed by atoms with Crippen LogP contribution < -0.4 is 28.3 Å². The molecule has 2 nitrogen and oxygen atoms in total. The normalized spacial score (nSPS) is 9.74. The van der Waals surface area contributed by atoms with Gasteiger partial charge in [0.05, 0.1) is 13.2 Å². The van der Waals surface area contributed by atoms with Gasteiger partial charge in [0.15, 0.2) is 0 Å². The molecule has 0 aliphatic rings. The Morgan fingerprint density at radius 3 is 1.52 bits per heavy atom. The van der Waals surface area contributed by atoms with E-state index in [9.17, 15) is 0 Å². The first-order chi connectivity index (χ1) is 10.9. The van der Waals surface area contributed by atoms with Crippen molar-refractivity contribution in [2.75, 3.05) is 0 Å². The first-order valence-corrected chi connectivity index (χ1v) is 7.25. The molecule has 0 aromatic heterocycles. The van der Waals surface area contributed by atoms with E-state index in [-0.39, 0.29) is 18.9 Å². The second kappa shape index (κ2) is 9.10. The zero-order valence-electron chi connectivity index (χ0n) is 13.2. The molecule has 0 amide bonds. The molecule has 3 rings (SSSR count). The fourth-order valence-corrected chi connectivity index (χ4v) is 2.08. The van der Waals surface area contributed by atoms with Gasteiger partial charge in [-0.05, 0) is 11.1 Å². The third-order valence-corrected chi connectivity index (χ3v) is 3.23. The predicted molar refractivity (Wildman–Crippen MR) is 86.8 cm³/mol. The van der Waals surface area contributed by atoms with E-state index >= 15 is 0 Å². The maximum absolute atomic E-state index is 5.77. The third-order valence-electron chi connectivity index (χ3n) is 3.23. The summed E-state index contributed by atoms with van der Waals surface area (Å²) in [6, 6.07) is 28.8. The van der Waals surface area contributed by atoms with Gasteiger partial charge in [-0.1, -0.05) is 66.7 Å². The van der Waals surface area contributed by atoms with Crippen LogP contribution in [0.3, 0.4) is 0 Å². The number of rotatable bonds is 6. The van der Waals surface area contributed by atoms with E-state index in [4.69, 9.17) is 9.47 Å². The van der Waals surface area contributed by atoms with Crippen LogP contribution in [0.2, 0.25) is 0 Å². The van der Waals surface area contributed by atoms with Gasteiger partial charge in [0, 0.05) is 11.5 Å². The molecule has 0 unspecified atom stereocenters. The summed E-state index contributed by atoms with van der Waals surface area (Å²) in [6.07, 6.45) is 0. The molecule has 0 radical (unpaired) electrons. The Morgan fingerprint density at radius 1 is 0.652 bits per heavy atom. The van der Waals surface area contributed by atoms with Crippen LogP contribution in [0.25, 0.3) is 0 Å². The van der Waals surface area contributed by atoms with Crippen LogP contribution in [0.5, 0.6) is 11.5 Å². The van der Waals surface area contributed by atoms with Crippen molar-refractivity contribution in [3.63, 3.8) is 0 Å². The molecular formula is C20H17LiO2. The molecule has 0 aliphatic carbocycles. The Hall–Kier alpha value is -2.14. The van der Waals surface area contributed by atoms with Crippen molar-refractivity contribution in [3.8, 4) is 11.5 Å². The van der Waals surface area contributed by atoms with Gasteiger partial charge in [-0.25, -0.2) is 0 Å². The number of benzene rings is 3. The molecular weight excluding hydrogens is 279 g/mol. The SMILES string of the molecule is [Li+].[c-]1cc(OCc2ccccc2)cc(OCc2ccccc2)c1. The zero-order chi connectivity index (χ0) is 15.0. The van der Waals surface area contributed by atoms with Crippen molar-refractivity contribution in [1.29, 1.82) is 0 Å². The fraction of sp³-hybridized carbons (Fsp3) is 0.100. The Kier molecular flexibility index (Phi) is 6.81. The quantitative estimate of drug-likeness (QED) is 0.509. The van der Waals surface area contributed by atoms with Crippen LogP contribution >= 0.6 is 0 Å². The van der Waals surface area contributed by atoms with E-state index in [1.807, 2.05) is 78.9 Å². The number of ether oxygens (including phenoxy) is 2. The third kappa shape index (κ3) is 5.52. The zero-order valence-corrected chi connectivity index (χ0v) is 13.2. The first-order valence-electron chi connectivity index (χ1n) is 7.25. The van der Waals surface area contributed by atoms with Crippen LogP contribution in [-0.2, 0) is 13.2 Å². The molecule has 0 spiro atoms.